The van der Waals surface area contributed by atoms with Gasteiger partial charge in [0.05, 0.1) is 0 Å². The average Bonchev–Trinajstić information content (AvgIpc) is 3.11. The molecule has 0 aliphatic heterocycles. The standard InChI is InChI=1S/C15H22N2O/c1-3-15(8-9-15)11-16-10-13-4-6-14(7-5-13)17-12(2)18/h4-7,16H,3,8-11H2,1-2H3,(H,17,18). The number of amides is 1. The second-order valence-corrected chi connectivity index (χ2v) is 5.34. The van der Waals surface area contributed by atoms with Crippen molar-refractivity contribution in [1.82, 2.24) is 5.32 Å². The number of benzene rings is 1. The first-order valence-electron chi connectivity index (χ1n) is 6.71. The van der Waals surface area contributed by atoms with E-state index in [1.807, 2.05) is 12.1 Å². The quantitative estimate of drug-likeness (QED) is 0.810. The van der Waals surface area contributed by atoms with Crippen molar-refractivity contribution in [3.05, 3.63) is 29.8 Å². The smallest absolute Gasteiger partial charge is 0.221 e. The van der Waals surface area contributed by atoms with Crippen LogP contribution in [-0.2, 0) is 11.3 Å². The molecule has 1 saturated carbocycles. The van der Waals surface area contributed by atoms with Gasteiger partial charge in [0.15, 0.2) is 0 Å². The molecule has 0 saturated heterocycles. The third kappa shape index (κ3) is 3.57. The van der Waals surface area contributed by atoms with Crippen LogP contribution >= 0.6 is 0 Å². The fourth-order valence-electron chi connectivity index (χ4n) is 2.21. The largest absolute Gasteiger partial charge is 0.326 e. The maximum atomic E-state index is 10.9. The number of carbonyl (C=O) groups excluding carboxylic acids is 1. The van der Waals surface area contributed by atoms with Gasteiger partial charge in [-0.05, 0) is 42.4 Å². The summed E-state index contributed by atoms with van der Waals surface area (Å²) < 4.78 is 0. The van der Waals surface area contributed by atoms with E-state index in [-0.39, 0.29) is 5.91 Å². The van der Waals surface area contributed by atoms with Gasteiger partial charge in [0.1, 0.15) is 0 Å². The Kier molecular flexibility index (Phi) is 4.02. The number of hydrogen-bond donors (Lipinski definition) is 2. The lowest BCUT2D eigenvalue weighted by molar-refractivity contribution is -0.114. The lowest BCUT2D eigenvalue weighted by atomic mass is 10.0. The third-order valence-electron chi connectivity index (χ3n) is 3.81. The molecule has 3 nitrogen and oxygen atoms in total. The van der Waals surface area contributed by atoms with E-state index in [9.17, 15) is 4.79 Å². The van der Waals surface area contributed by atoms with E-state index in [0.717, 1.165) is 18.8 Å². The summed E-state index contributed by atoms with van der Waals surface area (Å²) in [5.41, 5.74) is 2.71. The minimum Gasteiger partial charge on any atom is -0.326 e. The molecular formula is C15H22N2O. The summed E-state index contributed by atoms with van der Waals surface area (Å²) in [5, 5.41) is 6.30. The van der Waals surface area contributed by atoms with Crippen LogP contribution in [0.4, 0.5) is 5.69 Å². The van der Waals surface area contributed by atoms with Crippen LogP contribution in [-0.4, -0.2) is 12.5 Å². The maximum Gasteiger partial charge on any atom is 0.221 e. The second-order valence-electron chi connectivity index (χ2n) is 5.34. The first kappa shape index (κ1) is 13.1. The van der Waals surface area contributed by atoms with E-state index in [0.29, 0.717) is 5.41 Å². The molecule has 0 radical (unpaired) electrons. The molecule has 3 heteroatoms. The van der Waals surface area contributed by atoms with Crippen LogP contribution in [0.15, 0.2) is 24.3 Å². The van der Waals surface area contributed by atoms with E-state index in [1.54, 1.807) is 0 Å². The fourth-order valence-corrected chi connectivity index (χ4v) is 2.21. The van der Waals surface area contributed by atoms with Crippen molar-refractivity contribution in [2.75, 3.05) is 11.9 Å². The highest BCUT2D eigenvalue weighted by molar-refractivity contribution is 5.88. The molecule has 1 aromatic carbocycles. The first-order valence-corrected chi connectivity index (χ1v) is 6.71. The molecule has 0 atom stereocenters. The molecule has 1 fully saturated rings. The summed E-state index contributed by atoms with van der Waals surface area (Å²) in [5.74, 6) is -0.0282. The van der Waals surface area contributed by atoms with Crippen molar-refractivity contribution in [2.24, 2.45) is 5.41 Å². The van der Waals surface area contributed by atoms with Gasteiger partial charge in [-0.15, -0.1) is 0 Å². The zero-order valence-electron chi connectivity index (χ0n) is 11.3. The summed E-state index contributed by atoms with van der Waals surface area (Å²) in [6.45, 7) is 5.82. The van der Waals surface area contributed by atoms with Gasteiger partial charge in [-0.2, -0.15) is 0 Å². The van der Waals surface area contributed by atoms with Crippen molar-refractivity contribution >= 4 is 11.6 Å². The van der Waals surface area contributed by atoms with Crippen LogP contribution < -0.4 is 10.6 Å². The van der Waals surface area contributed by atoms with E-state index < -0.39 is 0 Å². The first-order chi connectivity index (χ1) is 8.63. The van der Waals surface area contributed by atoms with E-state index in [4.69, 9.17) is 0 Å². The monoisotopic (exact) mass is 246 g/mol. The zero-order valence-corrected chi connectivity index (χ0v) is 11.3. The lowest BCUT2D eigenvalue weighted by Gasteiger charge is -2.13. The van der Waals surface area contributed by atoms with Crippen molar-refractivity contribution in [2.45, 2.75) is 39.7 Å². The fraction of sp³-hybridized carbons (Fsp3) is 0.533. The highest BCUT2D eigenvalue weighted by Crippen LogP contribution is 2.47. The Balaban J connectivity index is 1.77. The predicted octanol–water partition coefficient (Wildman–Crippen LogP) is 2.92. The molecule has 1 aliphatic carbocycles. The van der Waals surface area contributed by atoms with Crippen LogP contribution in [0, 0.1) is 5.41 Å². The van der Waals surface area contributed by atoms with E-state index in [1.165, 1.54) is 31.7 Å². The third-order valence-corrected chi connectivity index (χ3v) is 3.81. The van der Waals surface area contributed by atoms with Gasteiger partial charge in [0.25, 0.3) is 0 Å². The molecular weight excluding hydrogens is 224 g/mol. The second kappa shape index (κ2) is 5.53. The normalized spacial score (nSPS) is 16.3. The molecule has 1 amide bonds. The van der Waals surface area contributed by atoms with Crippen molar-refractivity contribution in [3.63, 3.8) is 0 Å². The summed E-state index contributed by atoms with van der Waals surface area (Å²) in [6.07, 6.45) is 4.03. The number of nitrogens with one attached hydrogen (secondary N) is 2. The molecule has 0 bridgehead atoms. The number of carbonyl (C=O) groups is 1. The molecule has 0 spiro atoms. The molecule has 2 N–H and O–H groups in total. The molecule has 2 rings (SSSR count). The Morgan fingerprint density at radius 2 is 1.94 bits per heavy atom. The SMILES string of the molecule is CCC1(CNCc2ccc(NC(C)=O)cc2)CC1. The predicted molar refractivity (Wildman–Crippen MR) is 74.4 cm³/mol. The average molecular weight is 246 g/mol. The highest BCUT2D eigenvalue weighted by Gasteiger charge is 2.39. The molecule has 0 aromatic heterocycles. The van der Waals surface area contributed by atoms with Gasteiger partial charge in [0, 0.05) is 25.7 Å². The lowest BCUT2D eigenvalue weighted by Crippen LogP contribution is -2.23. The van der Waals surface area contributed by atoms with Crippen LogP contribution in [0.5, 0.6) is 0 Å². The van der Waals surface area contributed by atoms with Gasteiger partial charge >= 0.3 is 0 Å². The number of rotatable bonds is 6. The molecule has 1 aliphatic rings. The summed E-state index contributed by atoms with van der Waals surface area (Å²) in [4.78, 5) is 10.9. The number of hydrogen-bond acceptors (Lipinski definition) is 2. The Morgan fingerprint density at radius 1 is 1.28 bits per heavy atom. The van der Waals surface area contributed by atoms with Crippen LogP contribution in [0.1, 0.15) is 38.7 Å². The minimum atomic E-state index is -0.0282. The molecule has 98 valence electrons. The topological polar surface area (TPSA) is 41.1 Å². The molecule has 0 unspecified atom stereocenters. The zero-order chi connectivity index (χ0) is 13.0. The van der Waals surface area contributed by atoms with E-state index in [2.05, 4.69) is 29.7 Å². The minimum absolute atomic E-state index is 0.0282. The Labute approximate surface area is 109 Å². The maximum absolute atomic E-state index is 10.9. The number of anilines is 1. The Morgan fingerprint density at radius 3 is 2.44 bits per heavy atom. The van der Waals surface area contributed by atoms with E-state index >= 15 is 0 Å². The Hall–Kier alpha value is -1.35. The molecule has 1 aromatic rings. The Bertz CT molecular complexity index is 407. The van der Waals surface area contributed by atoms with Crippen LogP contribution in [0.3, 0.4) is 0 Å². The van der Waals surface area contributed by atoms with Crippen LogP contribution in [0.2, 0.25) is 0 Å². The van der Waals surface area contributed by atoms with Crippen molar-refractivity contribution in [1.29, 1.82) is 0 Å². The van der Waals surface area contributed by atoms with Gasteiger partial charge in [-0.3, -0.25) is 4.79 Å². The summed E-state index contributed by atoms with van der Waals surface area (Å²) in [6, 6.07) is 8.02. The van der Waals surface area contributed by atoms with Gasteiger partial charge in [-0.1, -0.05) is 19.1 Å². The molecule has 0 heterocycles. The van der Waals surface area contributed by atoms with Gasteiger partial charge < -0.3 is 10.6 Å². The van der Waals surface area contributed by atoms with Crippen LogP contribution in [0.25, 0.3) is 0 Å². The van der Waals surface area contributed by atoms with Crippen molar-refractivity contribution in [3.8, 4) is 0 Å². The molecule has 18 heavy (non-hydrogen) atoms. The van der Waals surface area contributed by atoms with Gasteiger partial charge in [-0.25, -0.2) is 0 Å². The van der Waals surface area contributed by atoms with Crippen molar-refractivity contribution < 1.29 is 4.79 Å². The van der Waals surface area contributed by atoms with Gasteiger partial charge in [0.2, 0.25) is 5.91 Å². The highest BCUT2D eigenvalue weighted by atomic mass is 16.1. The summed E-state index contributed by atoms with van der Waals surface area (Å²) in [7, 11) is 0. The summed E-state index contributed by atoms with van der Waals surface area (Å²) >= 11 is 0.